The summed E-state index contributed by atoms with van der Waals surface area (Å²) in [5.74, 6) is -0.845. The molecule has 6 heteroatoms. The summed E-state index contributed by atoms with van der Waals surface area (Å²) < 4.78 is 22.6. The summed E-state index contributed by atoms with van der Waals surface area (Å²) in [5.41, 5.74) is 0.924. The predicted molar refractivity (Wildman–Crippen MR) is 68.2 cm³/mol. The highest BCUT2D eigenvalue weighted by atomic mass is 32.2. The summed E-state index contributed by atoms with van der Waals surface area (Å²) in [4.78, 5) is 10.6. The van der Waals surface area contributed by atoms with Crippen LogP contribution in [0, 0.1) is 0 Å². The van der Waals surface area contributed by atoms with Crippen LogP contribution < -0.4 is 5.32 Å². The number of sulfone groups is 1. The summed E-state index contributed by atoms with van der Waals surface area (Å²) in [5, 5.41) is 11.6. The molecule has 0 heterocycles. The van der Waals surface area contributed by atoms with E-state index in [0.717, 1.165) is 11.8 Å². The van der Waals surface area contributed by atoms with Crippen molar-refractivity contribution in [1.82, 2.24) is 5.32 Å². The Hall–Kier alpha value is -1.40. The summed E-state index contributed by atoms with van der Waals surface area (Å²) in [6.07, 6.45) is 1.22. The lowest BCUT2D eigenvalue weighted by molar-refractivity contribution is -0.136. The number of benzene rings is 1. The number of hydrogen-bond acceptors (Lipinski definition) is 4. The van der Waals surface area contributed by atoms with Crippen LogP contribution in [0.25, 0.3) is 0 Å². The standard InChI is InChI=1S/C12H17NO4S/c1-9(13-8-7-12(14)15)10-3-5-11(6-4-10)18(2,16)17/h3-6,9,13H,7-8H2,1-2H3,(H,14,15). The third-order valence-electron chi connectivity index (χ3n) is 2.60. The molecule has 0 aromatic heterocycles. The normalized spacial score (nSPS) is 13.2. The van der Waals surface area contributed by atoms with Crippen molar-refractivity contribution in [3.63, 3.8) is 0 Å². The summed E-state index contributed by atoms with van der Waals surface area (Å²) in [6, 6.07) is 6.56. The highest BCUT2D eigenvalue weighted by molar-refractivity contribution is 7.90. The Bertz CT molecular complexity index is 507. The molecule has 0 radical (unpaired) electrons. The van der Waals surface area contributed by atoms with Gasteiger partial charge in [-0.2, -0.15) is 0 Å². The molecule has 0 bridgehead atoms. The number of nitrogens with one attached hydrogen (secondary N) is 1. The Morgan fingerprint density at radius 3 is 2.33 bits per heavy atom. The molecule has 0 amide bonds. The molecule has 0 aliphatic heterocycles. The molecule has 0 aliphatic carbocycles. The SMILES string of the molecule is CC(NCCC(=O)O)c1ccc(S(C)(=O)=O)cc1. The van der Waals surface area contributed by atoms with E-state index in [1.54, 1.807) is 24.3 Å². The zero-order chi connectivity index (χ0) is 13.8. The second-order valence-electron chi connectivity index (χ2n) is 4.16. The fraction of sp³-hybridized carbons (Fsp3) is 0.417. The van der Waals surface area contributed by atoms with E-state index in [2.05, 4.69) is 5.32 Å². The third-order valence-corrected chi connectivity index (χ3v) is 3.73. The van der Waals surface area contributed by atoms with E-state index in [9.17, 15) is 13.2 Å². The fourth-order valence-electron chi connectivity index (χ4n) is 1.52. The lowest BCUT2D eigenvalue weighted by Gasteiger charge is -2.13. The van der Waals surface area contributed by atoms with E-state index < -0.39 is 15.8 Å². The highest BCUT2D eigenvalue weighted by Crippen LogP contribution is 2.16. The van der Waals surface area contributed by atoms with Gasteiger partial charge >= 0.3 is 5.97 Å². The molecule has 1 aromatic carbocycles. The van der Waals surface area contributed by atoms with E-state index in [4.69, 9.17) is 5.11 Å². The van der Waals surface area contributed by atoms with E-state index in [1.165, 1.54) is 0 Å². The Morgan fingerprint density at radius 1 is 1.33 bits per heavy atom. The Balaban J connectivity index is 2.65. The molecule has 1 unspecified atom stereocenters. The van der Waals surface area contributed by atoms with Gasteiger partial charge in [0.2, 0.25) is 0 Å². The smallest absolute Gasteiger partial charge is 0.304 e. The van der Waals surface area contributed by atoms with Gasteiger partial charge in [0.1, 0.15) is 0 Å². The first-order valence-corrected chi connectivity index (χ1v) is 7.45. The zero-order valence-electron chi connectivity index (χ0n) is 10.4. The molecule has 1 rings (SSSR count). The molecule has 0 spiro atoms. The third kappa shape index (κ3) is 4.46. The van der Waals surface area contributed by atoms with E-state index in [1.807, 2.05) is 6.92 Å². The van der Waals surface area contributed by atoms with E-state index in [0.29, 0.717) is 6.54 Å². The Kier molecular flexibility index (Phi) is 4.86. The Morgan fingerprint density at radius 2 is 1.89 bits per heavy atom. The van der Waals surface area contributed by atoms with Gasteiger partial charge in [-0.15, -0.1) is 0 Å². The van der Waals surface area contributed by atoms with Crippen molar-refractivity contribution in [1.29, 1.82) is 0 Å². The monoisotopic (exact) mass is 271 g/mol. The number of rotatable bonds is 6. The Labute approximate surface area is 107 Å². The van der Waals surface area contributed by atoms with Crippen LogP contribution in [0.3, 0.4) is 0 Å². The fourth-order valence-corrected chi connectivity index (χ4v) is 2.15. The molecule has 5 nitrogen and oxygen atoms in total. The van der Waals surface area contributed by atoms with Gasteiger partial charge in [-0.1, -0.05) is 12.1 Å². The maximum Gasteiger partial charge on any atom is 0.304 e. The van der Waals surface area contributed by atoms with Crippen molar-refractivity contribution in [2.75, 3.05) is 12.8 Å². The molecule has 0 aliphatic rings. The molecule has 18 heavy (non-hydrogen) atoms. The molecule has 1 aromatic rings. The van der Waals surface area contributed by atoms with Gasteiger partial charge in [0, 0.05) is 18.8 Å². The van der Waals surface area contributed by atoms with Gasteiger partial charge in [0.15, 0.2) is 9.84 Å². The minimum absolute atomic E-state index is 0.0158. The highest BCUT2D eigenvalue weighted by Gasteiger charge is 2.09. The van der Waals surface area contributed by atoms with Crippen LogP contribution in [-0.2, 0) is 14.6 Å². The van der Waals surface area contributed by atoms with Crippen LogP contribution in [0.15, 0.2) is 29.2 Å². The molecule has 1 atom stereocenters. The molecular weight excluding hydrogens is 254 g/mol. The van der Waals surface area contributed by atoms with Gasteiger partial charge in [-0.05, 0) is 24.6 Å². The van der Waals surface area contributed by atoms with Gasteiger partial charge in [-0.3, -0.25) is 4.79 Å². The number of carboxylic acid groups (broad SMARTS) is 1. The molecular formula is C12H17NO4S. The topological polar surface area (TPSA) is 83.5 Å². The largest absolute Gasteiger partial charge is 0.481 e. The van der Waals surface area contributed by atoms with Crippen molar-refractivity contribution in [2.24, 2.45) is 0 Å². The average molecular weight is 271 g/mol. The number of carbonyl (C=O) groups is 1. The van der Waals surface area contributed by atoms with Crippen LogP contribution in [0.5, 0.6) is 0 Å². The second kappa shape index (κ2) is 5.97. The van der Waals surface area contributed by atoms with Crippen LogP contribution in [0.4, 0.5) is 0 Å². The average Bonchev–Trinajstić information content (AvgIpc) is 2.27. The molecule has 0 saturated carbocycles. The van der Waals surface area contributed by atoms with Gasteiger partial charge in [-0.25, -0.2) is 8.42 Å². The summed E-state index contributed by atoms with van der Waals surface area (Å²) in [6.45, 7) is 2.28. The summed E-state index contributed by atoms with van der Waals surface area (Å²) >= 11 is 0. The zero-order valence-corrected chi connectivity index (χ0v) is 11.2. The predicted octanol–water partition coefficient (Wildman–Crippen LogP) is 1.22. The minimum atomic E-state index is -3.17. The first kappa shape index (κ1) is 14.7. The van der Waals surface area contributed by atoms with Crippen molar-refractivity contribution in [3.8, 4) is 0 Å². The lowest BCUT2D eigenvalue weighted by Crippen LogP contribution is -2.21. The van der Waals surface area contributed by atoms with Crippen LogP contribution in [-0.4, -0.2) is 32.3 Å². The maximum absolute atomic E-state index is 11.3. The van der Waals surface area contributed by atoms with Gasteiger partial charge in [0.25, 0.3) is 0 Å². The number of carboxylic acids is 1. The first-order chi connectivity index (χ1) is 8.30. The molecule has 100 valence electrons. The first-order valence-electron chi connectivity index (χ1n) is 5.56. The van der Waals surface area contributed by atoms with Crippen molar-refractivity contribution in [2.45, 2.75) is 24.3 Å². The van der Waals surface area contributed by atoms with E-state index >= 15 is 0 Å². The molecule has 0 fully saturated rings. The molecule has 0 saturated heterocycles. The lowest BCUT2D eigenvalue weighted by atomic mass is 10.1. The second-order valence-corrected chi connectivity index (χ2v) is 6.18. The number of aliphatic carboxylic acids is 1. The quantitative estimate of drug-likeness (QED) is 0.812. The van der Waals surface area contributed by atoms with Crippen molar-refractivity contribution in [3.05, 3.63) is 29.8 Å². The minimum Gasteiger partial charge on any atom is -0.481 e. The van der Waals surface area contributed by atoms with Gasteiger partial charge < -0.3 is 10.4 Å². The van der Waals surface area contributed by atoms with Crippen LogP contribution in [0.1, 0.15) is 24.9 Å². The summed E-state index contributed by atoms with van der Waals surface area (Å²) in [7, 11) is -3.17. The van der Waals surface area contributed by atoms with E-state index in [-0.39, 0.29) is 17.4 Å². The van der Waals surface area contributed by atoms with Crippen molar-refractivity contribution < 1.29 is 18.3 Å². The molecule has 2 N–H and O–H groups in total. The maximum atomic E-state index is 11.3. The van der Waals surface area contributed by atoms with Gasteiger partial charge in [0.05, 0.1) is 11.3 Å². The van der Waals surface area contributed by atoms with Crippen LogP contribution >= 0.6 is 0 Å². The van der Waals surface area contributed by atoms with Crippen LogP contribution in [0.2, 0.25) is 0 Å². The van der Waals surface area contributed by atoms with Crippen molar-refractivity contribution >= 4 is 15.8 Å². The number of hydrogen-bond donors (Lipinski definition) is 2.